The number of rotatable bonds is 3. The van der Waals surface area contributed by atoms with Crippen LogP contribution in [0.4, 0.5) is 5.69 Å². The average molecular weight is 341 g/mol. The fourth-order valence-corrected chi connectivity index (χ4v) is 2.97. The highest BCUT2D eigenvalue weighted by atomic mass is 35.5. The normalized spacial score (nSPS) is 17.5. The molecule has 0 bridgehead atoms. The van der Waals surface area contributed by atoms with Crippen molar-refractivity contribution in [3.05, 3.63) is 59.6 Å². The van der Waals surface area contributed by atoms with Gasteiger partial charge in [0.2, 0.25) is 5.91 Å². The third-order valence-electron chi connectivity index (χ3n) is 3.98. The van der Waals surface area contributed by atoms with Crippen molar-refractivity contribution in [2.75, 3.05) is 11.4 Å². The van der Waals surface area contributed by atoms with E-state index in [-0.39, 0.29) is 11.8 Å². The van der Waals surface area contributed by atoms with Crippen LogP contribution < -0.4 is 4.90 Å². The van der Waals surface area contributed by atoms with Crippen LogP contribution in [-0.4, -0.2) is 27.6 Å². The lowest BCUT2D eigenvalue weighted by Crippen LogP contribution is -2.24. The van der Waals surface area contributed by atoms with Crippen LogP contribution in [0.25, 0.3) is 11.5 Å². The summed E-state index contributed by atoms with van der Waals surface area (Å²) >= 11 is 6.01. The summed E-state index contributed by atoms with van der Waals surface area (Å²) in [6.07, 6.45) is 3.68. The standard InChI is InChI=1S/C17H13ClN4O2/c18-13-2-1-3-14(9-13)22-10-12(8-15(22)23)16-20-17(24-21-16)11-4-6-19-7-5-11/h1-7,9,12H,8,10H2. The summed E-state index contributed by atoms with van der Waals surface area (Å²) in [6.45, 7) is 0.508. The summed E-state index contributed by atoms with van der Waals surface area (Å²) in [5.41, 5.74) is 1.59. The van der Waals surface area contributed by atoms with Gasteiger partial charge in [-0.15, -0.1) is 0 Å². The number of hydrogen-bond donors (Lipinski definition) is 0. The van der Waals surface area contributed by atoms with Crippen molar-refractivity contribution in [2.24, 2.45) is 0 Å². The van der Waals surface area contributed by atoms with Gasteiger partial charge in [-0.25, -0.2) is 0 Å². The number of halogens is 1. The predicted octanol–water partition coefficient (Wildman–Crippen LogP) is 3.31. The van der Waals surface area contributed by atoms with Crippen molar-refractivity contribution in [1.29, 1.82) is 0 Å². The Bertz CT molecular complexity index is 881. The molecule has 1 aromatic carbocycles. The number of carbonyl (C=O) groups is 1. The second-order valence-corrected chi connectivity index (χ2v) is 6.02. The lowest BCUT2D eigenvalue weighted by molar-refractivity contribution is -0.117. The van der Waals surface area contributed by atoms with Gasteiger partial charge >= 0.3 is 0 Å². The molecule has 3 heterocycles. The maximum atomic E-state index is 12.3. The third-order valence-corrected chi connectivity index (χ3v) is 4.21. The van der Waals surface area contributed by atoms with Gasteiger partial charge in [-0.3, -0.25) is 9.78 Å². The molecule has 1 aliphatic heterocycles. The summed E-state index contributed by atoms with van der Waals surface area (Å²) in [4.78, 5) is 22.4. The summed E-state index contributed by atoms with van der Waals surface area (Å²) < 4.78 is 5.32. The molecule has 120 valence electrons. The van der Waals surface area contributed by atoms with Crippen molar-refractivity contribution < 1.29 is 9.32 Å². The molecule has 4 rings (SSSR count). The molecule has 2 aromatic heterocycles. The van der Waals surface area contributed by atoms with Gasteiger partial charge in [0, 0.05) is 47.6 Å². The topological polar surface area (TPSA) is 72.1 Å². The van der Waals surface area contributed by atoms with E-state index in [1.807, 2.05) is 12.1 Å². The minimum Gasteiger partial charge on any atom is -0.334 e. The summed E-state index contributed by atoms with van der Waals surface area (Å²) in [7, 11) is 0. The molecular weight excluding hydrogens is 328 g/mol. The molecule has 0 radical (unpaired) electrons. The van der Waals surface area contributed by atoms with Gasteiger partial charge in [-0.2, -0.15) is 4.98 Å². The first-order valence-electron chi connectivity index (χ1n) is 7.50. The van der Waals surface area contributed by atoms with Gasteiger partial charge in [0.15, 0.2) is 5.82 Å². The van der Waals surface area contributed by atoms with Gasteiger partial charge in [0.25, 0.3) is 5.89 Å². The summed E-state index contributed by atoms with van der Waals surface area (Å²) in [5.74, 6) is 0.897. The molecule has 1 fully saturated rings. The van der Waals surface area contributed by atoms with Crippen LogP contribution in [0.15, 0.2) is 53.3 Å². The van der Waals surface area contributed by atoms with Crippen molar-refractivity contribution in [1.82, 2.24) is 15.1 Å². The van der Waals surface area contributed by atoms with E-state index in [4.69, 9.17) is 16.1 Å². The monoisotopic (exact) mass is 340 g/mol. The number of benzene rings is 1. The second-order valence-electron chi connectivity index (χ2n) is 5.58. The highest BCUT2D eigenvalue weighted by molar-refractivity contribution is 6.30. The van der Waals surface area contributed by atoms with Crippen molar-refractivity contribution in [2.45, 2.75) is 12.3 Å². The number of amides is 1. The maximum Gasteiger partial charge on any atom is 0.258 e. The number of pyridine rings is 1. The van der Waals surface area contributed by atoms with Crippen LogP contribution >= 0.6 is 11.6 Å². The Kier molecular flexibility index (Phi) is 3.74. The maximum absolute atomic E-state index is 12.3. The Morgan fingerprint density at radius 3 is 2.83 bits per heavy atom. The molecule has 24 heavy (non-hydrogen) atoms. The predicted molar refractivity (Wildman–Crippen MR) is 88.7 cm³/mol. The molecule has 1 atom stereocenters. The van der Waals surface area contributed by atoms with Crippen LogP contribution in [0.2, 0.25) is 5.02 Å². The van der Waals surface area contributed by atoms with Crippen LogP contribution in [0.1, 0.15) is 18.2 Å². The smallest absolute Gasteiger partial charge is 0.258 e. The largest absolute Gasteiger partial charge is 0.334 e. The molecule has 3 aromatic rings. The number of anilines is 1. The quantitative estimate of drug-likeness (QED) is 0.731. The molecule has 0 saturated carbocycles. The van der Waals surface area contributed by atoms with E-state index < -0.39 is 0 Å². The lowest BCUT2D eigenvalue weighted by Gasteiger charge is -2.16. The van der Waals surface area contributed by atoms with Crippen LogP contribution in [0.5, 0.6) is 0 Å². The number of carbonyl (C=O) groups excluding carboxylic acids is 1. The molecule has 7 heteroatoms. The molecule has 1 unspecified atom stereocenters. The molecule has 1 aliphatic rings. The molecule has 1 saturated heterocycles. The number of aromatic nitrogens is 3. The first-order chi connectivity index (χ1) is 11.7. The molecule has 0 spiro atoms. The van der Waals surface area contributed by atoms with Crippen molar-refractivity contribution in [3.8, 4) is 11.5 Å². The van der Waals surface area contributed by atoms with Gasteiger partial charge in [0.05, 0.1) is 0 Å². The van der Waals surface area contributed by atoms with E-state index in [1.54, 1.807) is 41.6 Å². The Labute approximate surface area is 143 Å². The van der Waals surface area contributed by atoms with E-state index in [2.05, 4.69) is 15.1 Å². The van der Waals surface area contributed by atoms with E-state index in [1.165, 1.54) is 0 Å². The average Bonchev–Trinajstić information content (AvgIpc) is 3.22. The second kappa shape index (κ2) is 6.05. The van der Waals surface area contributed by atoms with Crippen LogP contribution in [0, 0.1) is 0 Å². The Hall–Kier alpha value is -2.73. The lowest BCUT2D eigenvalue weighted by atomic mass is 10.1. The zero-order chi connectivity index (χ0) is 16.5. The minimum absolute atomic E-state index is 0.0255. The van der Waals surface area contributed by atoms with Gasteiger partial charge < -0.3 is 9.42 Å². The molecule has 6 nitrogen and oxygen atoms in total. The molecule has 1 amide bonds. The Morgan fingerprint density at radius 2 is 2.04 bits per heavy atom. The van der Waals surface area contributed by atoms with Crippen LogP contribution in [-0.2, 0) is 4.79 Å². The SMILES string of the molecule is O=C1CC(c2noc(-c3ccncc3)n2)CN1c1cccc(Cl)c1. The van der Waals surface area contributed by atoms with E-state index in [9.17, 15) is 4.79 Å². The summed E-state index contributed by atoms with van der Waals surface area (Å²) in [5, 5.41) is 4.64. The first kappa shape index (κ1) is 14.8. The van der Waals surface area contributed by atoms with Crippen molar-refractivity contribution in [3.63, 3.8) is 0 Å². The van der Waals surface area contributed by atoms with Crippen LogP contribution in [0.3, 0.4) is 0 Å². The van der Waals surface area contributed by atoms with Gasteiger partial charge in [-0.1, -0.05) is 22.8 Å². The fourth-order valence-electron chi connectivity index (χ4n) is 2.79. The van der Waals surface area contributed by atoms with Gasteiger partial charge in [-0.05, 0) is 30.3 Å². The number of nitrogens with zero attached hydrogens (tertiary/aromatic N) is 4. The van der Waals surface area contributed by atoms with E-state index >= 15 is 0 Å². The Morgan fingerprint density at radius 1 is 1.21 bits per heavy atom. The molecular formula is C17H13ClN4O2. The molecule has 0 N–H and O–H groups in total. The van der Waals surface area contributed by atoms with Gasteiger partial charge in [0.1, 0.15) is 0 Å². The molecule has 0 aliphatic carbocycles. The number of hydrogen-bond acceptors (Lipinski definition) is 5. The van der Waals surface area contributed by atoms with E-state index in [0.717, 1.165) is 11.3 Å². The summed E-state index contributed by atoms with van der Waals surface area (Å²) in [6, 6.07) is 10.9. The third kappa shape index (κ3) is 2.76. The Balaban J connectivity index is 1.56. The zero-order valence-electron chi connectivity index (χ0n) is 12.6. The van der Waals surface area contributed by atoms with E-state index in [0.29, 0.717) is 29.7 Å². The zero-order valence-corrected chi connectivity index (χ0v) is 13.3. The van der Waals surface area contributed by atoms with Crippen molar-refractivity contribution >= 4 is 23.2 Å². The fraction of sp³-hybridized carbons (Fsp3) is 0.176. The highest BCUT2D eigenvalue weighted by Crippen LogP contribution is 2.32. The first-order valence-corrected chi connectivity index (χ1v) is 7.88. The minimum atomic E-state index is -0.101. The highest BCUT2D eigenvalue weighted by Gasteiger charge is 2.34.